The molecule has 4 bridgehead atoms. The van der Waals surface area contributed by atoms with Gasteiger partial charge in [-0.3, -0.25) is 0 Å². The lowest BCUT2D eigenvalue weighted by molar-refractivity contribution is -0.312. The predicted octanol–water partition coefficient (Wildman–Crippen LogP) is 2.13. The second-order valence-electron chi connectivity index (χ2n) is 8.95. The molecule has 10 atom stereocenters. The molecule has 0 amide bonds. The summed E-state index contributed by atoms with van der Waals surface area (Å²) in [5, 5.41) is 33.1. The van der Waals surface area contributed by atoms with Crippen LogP contribution in [0.3, 0.4) is 0 Å². The molecule has 23 heavy (non-hydrogen) atoms. The zero-order valence-corrected chi connectivity index (χ0v) is 13.4. The summed E-state index contributed by atoms with van der Waals surface area (Å²) in [5.41, 5.74) is -1.17. The summed E-state index contributed by atoms with van der Waals surface area (Å²) in [6.45, 7) is 2.27. The van der Waals surface area contributed by atoms with Gasteiger partial charge in [0.25, 0.3) is 0 Å². The summed E-state index contributed by atoms with van der Waals surface area (Å²) in [5.74, 6) is 3.12. The van der Waals surface area contributed by atoms with Gasteiger partial charge in [0.2, 0.25) is 0 Å². The maximum Gasteiger partial charge on any atom is 0.153 e. The van der Waals surface area contributed by atoms with Crippen LogP contribution < -0.4 is 0 Å². The summed E-state index contributed by atoms with van der Waals surface area (Å²) in [6, 6.07) is 0. The Balaban J connectivity index is 1.68. The number of ether oxygens (including phenoxy) is 1. The molecule has 0 radical (unpaired) electrons. The molecule has 4 heteroatoms. The van der Waals surface area contributed by atoms with E-state index in [1.54, 1.807) is 6.08 Å². The van der Waals surface area contributed by atoms with Gasteiger partial charge in [-0.2, -0.15) is 0 Å². The van der Waals surface area contributed by atoms with E-state index >= 15 is 0 Å². The smallest absolute Gasteiger partial charge is 0.153 e. The Morgan fingerprint density at radius 1 is 1.26 bits per heavy atom. The Labute approximate surface area is 135 Å². The number of aliphatic hydroxyl groups is 3. The third-order valence-corrected chi connectivity index (χ3v) is 8.77. The topological polar surface area (TPSA) is 69.9 Å². The summed E-state index contributed by atoms with van der Waals surface area (Å²) in [4.78, 5) is 0. The van der Waals surface area contributed by atoms with Crippen LogP contribution in [-0.4, -0.2) is 33.1 Å². The van der Waals surface area contributed by atoms with E-state index in [1.165, 1.54) is 0 Å². The molecule has 0 aromatic heterocycles. The molecular formula is C19H24O4. The van der Waals surface area contributed by atoms with Gasteiger partial charge in [-0.15, -0.1) is 0 Å². The molecule has 4 nitrogen and oxygen atoms in total. The van der Waals surface area contributed by atoms with Crippen molar-refractivity contribution < 1.29 is 20.1 Å². The molecule has 0 aromatic rings. The number of aliphatic hydroxyl groups excluding tert-OH is 2. The molecule has 3 N–H and O–H groups in total. The van der Waals surface area contributed by atoms with Gasteiger partial charge in [0, 0.05) is 5.92 Å². The van der Waals surface area contributed by atoms with E-state index in [0.717, 1.165) is 12.8 Å². The lowest BCUT2D eigenvalue weighted by Crippen LogP contribution is -2.76. The molecule has 5 unspecified atom stereocenters. The fourth-order valence-corrected chi connectivity index (χ4v) is 8.06. The van der Waals surface area contributed by atoms with Crippen molar-refractivity contribution >= 4 is 0 Å². The zero-order chi connectivity index (χ0) is 15.7. The second-order valence-corrected chi connectivity index (χ2v) is 8.95. The molecule has 0 aromatic carbocycles. The van der Waals surface area contributed by atoms with Crippen molar-refractivity contribution in [3.05, 3.63) is 23.7 Å². The summed E-state index contributed by atoms with van der Waals surface area (Å²) in [7, 11) is 0. The van der Waals surface area contributed by atoms with E-state index < -0.39 is 17.1 Å². The van der Waals surface area contributed by atoms with Crippen molar-refractivity contribution in [2.24, 2.45) is 40.9 Å². The SMILES string of the molecule is C[C@H]1C2C[C@@H]3C2CC2C=CC(O)=C4O[C@H]5[C@@H](O)CC[C@]3(O)C15C42. The Bertz CT molecular complexity index is 668. The van der Waals surface area contributed by atoms with Gasteiger partial charge < -0.3 is 20.1 Å². The fourth-order valence-electron chi connectivity index (χ4n) is 8.06. The maximum atomic E-state index is 11.9. The Hall–Kier alpha value is -1.00. The summed E-state index contributed by atoms with van der Waals surface area (Å²) < 4.78 is 6.22. The van der Waals surface area contributed by atoms with E-state index in [9.17, 15) is 15.3 Å². The van der Waals surface area contributed by atoms with Crippen molar-refractivity contribution in [2.45, 2.75) is 50.4 Å². The van der Waals surface area contributed by atoms with Crippen molar-refractivity contribution in [2.75, 3.05) is 0 Å². The lowest BCUT2D eigenvalue weighted by atomic mass is 9.35. The quantitative estimate of drug-likeness (QED) is 0.640. The van der Waals surface area contributed by atoms with Crippen molar-refractivity contribution in [3.63, 3.8) is 0 Å². The van der Waals surface area contributed by atoms with Gasteiger partial charge >= 0.3 is 0 Å². The number of allylic oxidation sites excluding steroid dienone is 3. The molecule has 1 heterocycles. The Morgan fingerprint density at radius 3 is 2.91 bits per heavy atom. The molecule has 124 valence electrons. The minimum absolute atomic E-state index is 0.0326. The highest BCUT2D eigenvalue weighted by atomic mass is 16.5. The summed E-state index contributed by atoms with van der Waals surface area (Å²) in [6.07, 6.45) is 6.49. The molecule has 1 aliphatic heterocycles. The highest BCUT2D eigenvalue weighted by molar-refractivity contribution is 5.39. The fraction of sp³-hybridized carbons (Fsp3) is 0.789. The van der Waals surface area contributed by atoms with Crippen LogP contribution >= 0.6 is 0 Å². The first kappa shape index (κ1) is 13.3. The standard InChI is InChI=1S/C19H24O4/c1-8-10-7-12-11(10)6-9-2-3-13(20)16-15(9)19(8)17(23-16)14(21)4-5-18(12,19)22/h2-3,8-12,14-15,17,20-22H,4-7H2,1H3/t8-,9?,10?,11?,12+,14-,15?,17-,18+,19?/m0/s1. The average Bonchev–Trinajstić information content (AvgIpc) is 2.82. The molecular weight excluding hydrogens is 292 g/mol. The monoisotopic (exact) mass is 316 g/mol. The highest BCUT2D eigenvalue weighted by Crippen LogP contribution is 2.79. The molecule has 5 saturated carbocycles. The lowest BCUT2D eigenvalue weighted by Gasteiger charge is -2.70. The van der Waals surface area contributed by atoms with Crippen LogP contribution in [0.15, 0.2) is 23.7 Å². The molecule has 6 fully saturated rings. The van der Waals surface area contributed by atoms with Crippen LogP contribution in [0.2, 0.25) is 0 Å². The van der Waals surface area contributed by atoms with E-state index in [1.807, 2.05) is 0 Å². The van der Waals surface area contributed by atoms with Crippen molar-refractivity contribution in [1.29, 1.82) is 0 Å². The van der Waals surface area contributed by atoms with Crippen LogP contribution in [0.25, 0.3) is 0 Å². The predicted molar refractivity (Wildman–Crippen MR) is 82.1 cm³/mol. The Morgan fingerprint density at radius 2 is 2.09 bits per heavy atom. The molecule has 7 aliphatic rings. The maximum absolute atomic E-state index is 11.9. The minimum atomic E-state index is -0.748. The third kappa shape index (κ3) is 1.10. The van der Waals surface area contributed by atoms with Crippen LogP contribution in [0.4, 0.5) is 0 Å². The number of hydrogen-bond acceptors (Lipinski definition) is 4. The van der Waals surface area contributed by atoms with E-state index in [0.29, 0.717) is 48.2 Å². The van der Waals surface area contributed by atoms with Crippen LogP contribution in [0.5, 0.6) is 0 Å². The molecule has 1 spiro atoms. The molecule has 6 aliphatic carbocycles. The average molecular weight is 316 g/mol. The minimum Gasteiger partial charge on any atom is -0.504 e. The van der Waals surface area contributed by atoms with Crippen molar-refractivity contribution in [3.8, 4) is 0 Å². The van der Waals surface area contributed by atoms with Gasteiger partial charge in [0.1, 0.15) is 11.9 Å². The summed E-state index contributed by atoms with van der Waals surface area (Å²) >= 11 is 0. The van der Waals surface area contributed by atoms with Gasteiger partial charge in [0.05, 0.1) is 17.1 Å². The van der Waals surface area contributed by atoms with Gasteiger partial charge in [0.15, 0.2) is 5.76 Å². The van der Waals surface area contributed by atoms with Crippen LogP contribution in [0.1, 0.15) is 32.6 Å². The van der Waals surface area contributed by atoms with Crippen LogP contribution in [0, 0.1) is 40.9 Å². The largest absolute Gasteiger partial charge is 0.504 e. The number of rotatable bonds is 0. The van der Waals surface area contributed by atoms with E-state index in [-0.39, 0.29) is 17.8 Å². The van der Waals surface area contributed by atoms with E-state index in [2.05, 4.69) is 13.0 Å². The third-order valence-electron chi connectivity index (χ3n) is 8.77. The highest BCUT2D eigenvalue weighted by Gasteiger charge is 2.82. The zero-order valence-electron chi connectivity index (χ0n) is 13.4. The second kappa shape index (κ2) is 3.65. The first-order valence-corrected chi connectivity index (χ1v) is 9.18. The normalized spacial score (nSPS) is 64.1. The van der Waals surface area contributed by atoms with Gasteiger partial charge in [-0.25, -0.2) is 0 Å². The Kier molecular flexibility index (Phi) is 2.11. The van der Waals surface area contributed by atoms with Gasteiger partial charge in [-0.05, 0) is 61.3 Å². The van der Waals surface area contributed by atoms with E-state index in [4.69, 9.17) is 4.74 Å². The van der Waals surface area contributed by atoms with Crippen LogP contribution in [-0.2, 0) is 4.74 Å². The van der Waals surface area contributed by atoms with Gasteiger partial charge in [-0.1, -0.05) is 13.0 Å². The number of hydrogen-bond donors (Lipinski definition) is 3. The molecule has 7 rings (SSSR count). The van der Waals surface area contributed by atoms with Crippen molar-refractivity contribution in [1.82, 2.24) is 0 Å². The first-order valence-electron chi connectivity index (χ1n) is 9.18. The molecule has 1 saturated heterocycles. The first-order chi connectivity index (χ1) is 11.0.